The Morgan fingerprint density at radius 3 is 3.08 bits per heavy atom. The molecule has 1 unspecified atom stereocenters. The molecular weight excluding hydrogens is 360 g/mol. The van der Waals surface area contributed by atoms with Crippen LogP contribution in [0.5, 0.6) is 0 Å². The van der Waals surface area contributed by atoms with Gasteiger partial charge in [0, 0.05) is 24.6 Å². The van der Waals surface area contributed by atoms with Crippen LogP contribution >= 0.6 is 22.9 Å². The minimum absolute atomic E-state index is 0.308. The molecule has 4 heterocycles. The number of rotatable bonds is 5. The summed E-state index contributed by atoms with van der Waals surface area (Å²) in [5.74, 6) is 1.45. The molecule has 1 aliphatic rings. The van der Waals surface area contributed by atoms with E-state index in [4.69, 9.17) is 26.5 Å². The van der Waals surface area contributed by atoms with E-state index < -0.39 is 0 Å². The zero-order chi connectivity index (χ0) is 17.4. The van der Waals surface area contributed by atoms with Gasteiger partial charge in [0.2, 0.25) is 0 Å². The van der Waals surface area contributed by atoms with Gasteiger partial charge in [-0.2, -0.15) is 0 Å². The summed E-state index contributed by atoms with van der Waals surface area (Å²) < 4.78 is 10.7. The highest BCUT2D eigenvalue weighted by molar-refractivity contribution is 7.18. The fourth-order valence-electron chi connectivity index (χ4n) is 3.30. The van der Waals surface area contributed by atoms with E-state index in [2.05, 4.69) is 20.9 Å². The zero-order valence-corrected chi connectivity index (χ0v) is 15.4. The zero-order valence-electron chi connectivity index (χ0n) is 13.9. The molecule has 3 aromatic rings. The van der Waals surface area contributed by atoms with Crippen molar-refractivity contribution in [3.63, 3.8) is 0 Å². The van der Waals surface area contributed by atoms with Gasteiger partial charge in [0.15, 0.2) is 16.8 Å². The van der Waals surface area contributed by atoms with Crippen molar-refractivity contribution in [2.24, 2.45) is 0 Å². The van der Waals surface area contributed by atoms with Crippen molar-refractivity contribution in [1.29, 1.82) is 0 Å². The Bertz CT molecular complexity index is 894. The number of hydrogen-bond donors (Lipinski definition) is 1. The molecule has 25 heavy (non-hydrogen) atoms. The molecule has 0 aromatic carbocycles. The maximum Gasteiger partial charge on any atom is 0.199 e. The summed E-state index contributed by atoms with van der Waals surface area (Å²) in [6.07, 6.45) is 2.40. The number of methoxy groups -OCH3 is 1. The van der Waals surface area contributed by atoms with E-state index in [1.165, 1.54) is 17.7 Å². The van der Waals surface area contributed by atoms with Gasteiger partial charge in [-0.1, -0.05) is 0 Å². The number of furan rings is 1. The van der Waals surface area contributed by atoms with Crippen LogP contribution in [0.4, 0.5) is 5.82 Å². The molecule has 8 heteroatoms. The van der Waals surface area contributed by atoms with E-state index in [-0.39, 0.29) is 0 Å². The summed E-state index contributed by atoms with van der Waals surface area (Å²) in [6, 6.07) is 6.00. The van der Waals surface area contributed by atoms with Crippen LogP contribution in [0.2, 0.25) is 5.22 Å². The van der Waals surface area contributed by atoms with Gasteiger partial charge in [-0.15, -0.1) is 11.3 Å². The first-order valence-corrected chi connectivity index (χ1v) is 9.38. The molecule has 1 aliphatic heterocycles. The monoisotopic (exact) mass is 378 g/mol. The van der Waals surface area contributed by atoms with Crippen LogP contribution < -0.4 is 5.73 Å². The number of likely N-dealkylation sites (tertiary alicyclic amines) is 1. The summed E-state index contributed by atoms with van der Waals surface area (Å²) in [4.78, 5) is 13.5. The molecule has 1 atom stereocenters. The number of fused-ring (bicyclic) bond motifs is 1. The largest absolute Gasteiger partial charge is 0.441 e. The van der Waals surface area contributed by atoms with Crippen molar-refractivity contribution >= 4 is 39.0 Å². The van der Waals surface area contributed by atoms with Crippen molar-refractivity contribution < 1.29 is 9.15 Å². The third-order valence-electron chi connectivity index (χ3n) is 4.48. The van der Waals surface area contributed by atoms with Crippen LogP contribution in [0, 0.1) is 0 Å². The quantitative estimate of drug-likeness (QED) is 0.727. The summed E-state index contributed by atoms with van der Waals surface area (Å²) in [7, 11) is 1.76. The van der Waals surface area contributed by atoms with Gasteiger partial charge < -0.3 is 14.9 Å². The summed E-state index contributed by atoms with van der Waals surface area (Å²) in [6.45, 7) is 2.76. The molecule has 2 N–H and O–H groups in total. The molecule has 132 valence electrons. The first kappa shape index (κ1) is 16.8. The number of nitrogens with zero attached hydrogens (tertiary/aromatic N) is 3. The molecule has 6 nitrogen and oxygen atoms in total. The van der Waals surface area contributed by atoms with Gasteiger partial charge in [-0.05, 0) is 49.2 Å². The maximum absolute atomic E-state index is 6.14. The van der Waals surface area contributed by atoms with Gasteiger partial charge in [0.1, 0.15) is 10.6 Å². The second-order valence-corrected chi connectivity index (χ2v) is 7.68. The molecule has 0 aliphatic carbocycles. The molecule has 0 amide bonds. The molecule has 0 radical (unpaired) electrons. The Kier molecular flexibility index (Phi) is 4.64. The number of thiophene rings is 1. The smallest absolute Gasteiger partial charge is 0.199 e. The summed E-state index contributed by atoms with van der Waals surface area (Å²) >= 11 is 7.49. The van der Waals surface area contributed by atoms with E-state index in [0.717, 1.165) is 29.9 Å². The predicted molar refractivity (Wildman–Crippen MR) is 99.8 cm³/mol. The number of aromatic nitrogens is 2. The average molecular weight is 379 g/mol. The lowest BCUT2D eigenvalue weighted by Crippen LogP contribution is -2.32. The lowest BCUT2D eigenvalue weighted by atomic mass is 10.2. The van der Waals surface area contributed by atoms with Gasteiger partial charge in [0.25, 0.3) is 0 Å². The third kappa shape index (κ3) is 3.37. The van der Waals surface area contributed by atoms with E-state index in [1.807, 2.05) is 0 Å². The second-order valence-electron chi connectivity index (χ2n) is 6.19. The van der Waals surface area contributed by atoms with Crippen LogP contribution in [0.1, 0.15) is 17.7 Å². The Balaban J connectivity index is 1.62. The first-order valence-electron chi connectivity index (χ1n) is 8.18. The minimum Gasteiger partial charge on any atom is -0.441 e. The highest BCUT2D eigenvalue weighted by atomic mass is 35.5. The SMILES string of the molecule is COCC1CCCN1Cc1cc2c(N)nc(-c3ccc(Cl)o3)nc2s1. The lowest BCUT2D eigenvalue weighted by Gasteiger charge is -2.22. The van der Waals surface area contributed by atoms with E-state index >= 15 is 0 Å². The normalized spacial score (nSPS) is 18.4. The molecule has 3 aromatic heterocycles. The highest BCUT2D eigenvalue weighted by Crippen LogP contribution is 2.32. The number of nitrogens with two attached hydrogens (primary N) is 1. The van der Waals surface area contributed by atoms with E-state index in [1.54, 1.807) is 30.6 Å². The Morgan fingerprint density at radius 2 is 2.32 bits per heavy atom. The van der Waals surface area contributed by atoms with Crippen molar-refractivity contribution in [2.75, 3.05) is 26.0 Å². The topological polar surface area (TPSA) is 77.4 Å². The Labute approximate surface area is 154 Å². The van der Waals surface area contributed by atoms with Crippen molar-refractivity contribution in [1.82, 2.24) is 14.9 Å². The number of halogens is 1. The van der Waals surface area contributed by atoms with Crippen molar-refractivity contribution in [2.45, 2.75) is 25.4 Å². The Hall–Kier alpha value is -1.67. The second kappa shape index (κ2) is 6.92. The maximum atomic E-state index is 6.14. The van der Waals surface area contributed by atoms with Gasteiger partial charge >= 0.3 is 0 Å². The minimum atomic E-state index is 0.308. The van der Waals surface area contributed by atoms with E-state index in [9.17, 15) is 0 Å². The number of ether oxygens (including phenoxy) is 1. The van der Waals surface area contributed by atoms with Crippen LogP contribution in [-0.4, -0.2) is 41.2 Å². The average Bonchev–Trinajstić information content (AvgIpc) is 3.29. The third-order valence-corrected chi connectivity index (χ3v) is 5.70. The summed E-state index contributed by atoms with van der Waals surface area (Å²) in [5.41, 5.74) is 6.14. The van der Waals surface area contributed by atoms with Crippen molar-refractivity contribution in [3.8, 4) is 11.6 Å². The number of anilines is 1. The lowest BCUT2D eigenvalue weighted by molar-refractivity contribution is 0.112. The standard InChI is InChI=1S/C17H19ClN4O2S/c1-23-9-10-3-2-6-22(10)8-11-7-12-15(19)20-16(21-17(12)25-11)13-4-5-14(18)24-13/h4-5,7,10H,2-3,6,8-9H2,1H3,(H2,19,20,21). The highest BCUT2D eigenvalue weighted by Gasteiger charge is 2.25. The first-order chi connectivity index (χ1) is 12.1. The fourth-order valence-corrected chi connectivity index (χ4v) is 4.51. The van der Waals surface area contributed by atoms with Crippen molar-refractivity contribution in [3.05, 3.63) is 28.3 Å². The number of hydrogen-bond acceptors (Lipinski definition) is 7. The molecular formula is C17H19ClN4O2S. The molecule has 1 fully saturated rings. The fraction of sp³-hybridized carbons (Fsp3) is 0.412. The van der Waals surface area contributed by atoms with Crippen LogP contribution in [0.25, 0.3) is 21.8 Å². The van der Waals surface area contributed by atoms with Gasteiger partial charge in [-0.3, -0.25) is 4.90 Å². The molecule has 4 rings (SSSR count). The molecule has 0 bridgehead atoms. The predicted octanol–water partition coefficient (Wildman–Crippen LogP) is 3.80. The molecule has 1 saturated heterocycles. The van der Waals surface area contributed by atoms with Crippen LogP contribution in [0.15, 0.2) is 22.6 Å². The van der Waals surface area contributed by atoms with E-state index in [0.29, 0.717) is 28.7 Å². The molecule has 0 spiro atoms. The Morgan fingerprint density at radius 1 is 1.44 bits per heavy atom. The van der Waals surface area contributed by atoms with Crippen LogP contribution in [0.3, 0.4) is 0 Å². The van der Waals surface area contributed by atoms with Gasteiger partial charge in [-0.25, -0.2) is 9.97 Å². The number of nitrogen functional groups attached to an aromatic ring is 1. The van der Waals surface area contributed by atoms with Crippen LogP contribution in [-0.2, 0) is 11.3 Å². The molecule has 0 saturated carbocycles. The summed E-state index contributed by atoms with van der Waals surface area (Å²) in [5, 5.41) is 1.20. The van der Waals surface area contributed by atoms with Gasteiger partial charge in [0.05, 0.1) is 12.0 Å².